The van der Waals surface area contributed by atoms with E-state index in [1.807, 2.05) is 0 Å². The Morgan fingerprint density at radius 2 is 2.00 bits per heavy atom. The number of nitrogens with one attached hydrogen (secondary N) is 1. The maximum absolute atomic E-state index is 13.7. The maximum Gasteiger partial charge on any atom is 0.340 e. The molecule has 2 atom stereocenters. The van der Waals surface area contributed by atoms with Crippen LogP contribution >= 0.6 is 0 Å². The molecule has 6 nitrogen and oxygen atoms in total. The average molecular weight is 368 g/mol. The first-order valence-electron chi connectivity index (χ1n) is 8.64. The van der Waals surface area contributed by atoms with Gasteiger partial charge in [0.05, 0.1) is 5.56 Å². The predicted molar refractivity (Wildman–Crippen MR) is 94.2 cm³/mol. The summed E-state index contributed by atoms with van der Waals surface area (Å²) in [4.78, 5) is 38.6. The molecule has 0 aliphatic carbocycles. The average Bonchev–Trinajstić information content (AvgIpc) is 3.19. The van der Waals surface area contributed by atoms with E-state index >= 15 is 0 Å². The Balaban J connectivity index is 1.59. The van der Waals surface area contributed by atoms with Crippen molar-refractivity contribution in [1.82, 2.24) is 4.90 Å². The molecule has 1 saturated heterocycles. The largest absolute Gasteiger partial charge is 0.433 e. The number of cyclic esters (lactones) is 1. The Kier molecular flexibility index (Phi) is 4.14. The highest BCUT2D eigenvalue weighted by Gasteiger charge is 2.46. The van der Waals surface area contributed by atoms with Crippen molar-refractivity contribution in [1.29, 1.82) is 0 Å². The smallest absolute Gasteiger partial charge is 0.340 e. The van der Waals surface area contributed by atoms with E-state index in [0.717, 1.165) is 0 Å². The van der Waals surface area contributed by atoms with Gasteiger partial charge in [-0.15, -0.1) is 0 Å². The molecule has 2 aliphatic heterocycles. The molecule has 2 aromatic rings. The van der Waals surface area contributed by atoms with Crippen molar-refractivity contribution < 1.29 is 23.5 Å². The van der Waals surface area contributed by atoms with Gasteiger partial charge in [-0.1, -0.05) is 24.3 Å². The van der Waals surface area contributed by atoms with Crippen LogP contribution in [0.1, 0.15) is 40.6 Å². The normalized spacial score (nSPS) is 21.2. The number of carbonyl (C=O) groups excluding carboxylic acids is 3. The van der Waals surface area contributed by atoms with Gasteiger partial charge in [-0.25, -0.2) is 9.18 Å². The molecule has 27 heavy (non-hydrogen) atoms. The van der Waals surface area contributed by atoms with Crippen LogP contribution in [0.5, 0.6) is 0 Å². The number of likely N-dealkylation sites (tertiary alicyclic amines) is 1. The van der Waals surface area contributed by atoms with Gasteiger partial charge in [0.2, 0.25) is 18.0 Å². The molecule has 7 heteroatoms. The van der Waals surface area contributed by atoms with Crippen molar-refractivity contribution >= 4 is 23.5 Å². The van der Waals surface area contributed by atoms with E-state index in [2.05, 4.69) is 5.32 Å². The summed E-state index contributed by atoms with van der Waals surface area (Å²) in [5.74, 6) is -1.65. The number of nitrogens with zero attached hydrogens (tertiary/aromatic N) is 1. The molecule has 2 heterocycles. The lowest BCUT2D eigenvalue weighted by Crippen LogP contribution is -2.43. The van der Waals surface area contributed by atoms with Crippen molar-refractivity contribution in [2.24, 2.45) is 0 Å². The standard InChI is InChI=1S/C20H17FN2O4/c1-11-6-7-12(10-15(11)21)22-18(25)16-8-9-17(24)23(16)19-13-4-2-3-5-14(13)20(26)27-19/h2-7,10,16,19H,8-9H2,1H3,(H,22,25). The van der Waals surface area contributed by atoms with E-state index in [9.17, 15) is 18.8 Å². The van der Waals surface area contributed by atoms with Crippen LogP contribution < -0.4 is 5.32 Å². The molecule has 1 fully saturated rings. The number of hydrogen-bond donors (Lipinski definition) is 1. The summed E-state index contributed by atoms with van der Waals surface area (Å²) in [6.45, 7) is 1.63. The minimum absolute atomic E-state index is 0.177. The van der Waals surface area contributed by atoms with Gasteiger partial charge < -0.3 is 10.1 Å². The zero-order valence-electron chi connectivity index (χ0n) is 14.6. The third-order valence-corrected chi connectivity index (χ3v) is 4.92. The van der Waals surface area contributed by atoms with Crippen molar-refractivity contribution in [2.75, 3.05) is 5.32 Å². The summed E-state index contributed by atoms with van der Waals surface area (Å²) < 4.78 is 19.1. The second-order valence-corrected chi connectivity index (χ2v) is 6.65. The number of amides is 2. The Hall–Kier alpha value is -3.22. The molecule has 2 aromatic carbocycles. The van der Waals surface area contributed by atoms with Crippen LogP contribution in [0.25, 0.3) is 0 Å². The molecule has 0 bridgehead atoms. The summed E-state index contributed by atoms with van der Waals surface area (Å²) in [6.07, 6.45) is -0.444. The van der Waals surface area contributed by atoms with Crippen molar-refractivity contribution in [3.8, 4) is 0 Å². The highest BCUT2D eigenvalue weighted by molar-refractivity contribution is 6.00. The lowest BCUT2D eigenvalue weighted by Gasteiger charge is -2.29. The molecule has 0 radical (unpaired) electrons. The molecule has 4 rings (SSSR count). The first kappa shape index (κ1) is 17.2. The zero-order valence-corrected chi connectivity index (χ0v) is 14.6. The lowest BCUT2D eigenvalue weighted by atomic mass is 10.1. The molecular weight excluding hydrogens is 351 g/mol. The molecule has 2 amide bonds. The van der Waals surface area contributed by atoms with Crippen LogP contribution in [0, 0.1) is 12.7 Å². The van der Waals surface area contributed by atoms with Crippen molar-refractivity contribution in [2.45, 2.75) is 32.0 Å². The van der Waals surface area contributed by atoms with E-state index in [-0.39, 0.29) is 12.3 Å². The minimum Gasteiger partial charge on any atom is -0.433 e. The van der Waals surface area contributed by atoms with Crippen LogP contribution in [0.4, 0.5) is 10.1 Å². The molecule has 2 aliphatic rings. The Morgan fingerprint density at radius 1 is 1.22 bits per heavy atom. The number of halogens is 1. The first-order chi connectivity index (χ1) is 13.0. The summed E-state index contributed by atoms with van der Waals surface area (Å²) in [7, 11) is 0. The fourth-order valence-electron chi connectivity index (χ4n) is 3.48. The summed E-state index contributed by atoms with van der Waals surface area (Å²) in [5, 5.41) is 2.65. The monoisotopic (exact) mass is 368 g/mol. The van der Waals surface area contributed by atoms with E-state index in [1.165, 1.54) is 11.0 Å². The van der Waals surface area contributed by atoms with Crippen LogP contribution in [0.2, 0.25) is 0 Å². The number of hydrogen-bond acceptors (Lipinski definition) is 4. The molecule has 0 aromatic heterocycles. The molecule has 0 spiro atoms. The highest BCUT2D eigenvalue weighted by atomic mass is 19.1. The van der Waals surface area contributed by atoms with Gasteiger partial charge in [0.15, 0.2) is 0 Å². The minimum atomic E-state index is -0.922. The van der Waals surface area contributed by atoms with Gasteiger partial charge in [-0.3, -0.25) is 14.5 Å². The number of carbonyl (C=O) groups is 3. The van der Waals surface area contributed by atoms with Gasteiger partial charge in [0.1, 0.15) is 11.9 Å². The number of anilines is 1. The van der Waals surface area contributed by atoms with E-state index < -0.39 is 30.0 Å². The number of rotatable bonds is 3. The molecular formula is C20H17FN2O4. The molecule has 138 valence electrons. The number of fused-ring (bicyclic) bond motifs is 1. The van der Waals surface area contributed by atoms with Gasteiger partial charge in [0, 0.05) is 17.7 Å². The number of aryl methyl sites for hydroxylation is 1. The predicted octanol–water partition coefficient (Wildman–Crippen LogP) is 2.93. The Morgan fingerprint density at radius 3 is 2.78 bits per heavy atom. The number of benzene rings is 2. The third kappa shape index (κ3) is 2.95. The second-order valence-electron chi connectivity index (χ2n) is 6.65. The molecule has 2 unspecified atom stereocenters. The maximum atomic E-state index is 13.7. The second kappa shape index (κ2) is 6.50. The Bertz CT molecular complexity index is 959. The fraction of sp³-hybridized carbons (Fsp3) is 0.250. The summed E-state index contributed by atoms with van der Waals surface area (Å²) >= 11 is 0. The van der Waals surface area contributed by atoms with E-state index in [0.29, 0.717) is 28.8 Å². The Labute approximate surface area is 154 Å². The number of esters is 1. The van der Waals surface area contributed by atoms with Gasteiger partial charge in [0.25, 0.3) is 0 Å². The van der Waals surface area contributed by atoms with Crippen molar-refractivity contribution in [3.05, 3.63) is 65.0 Å². The fourth-order valence-corrected chi connectivity index (χ4v) is 3.48. The van der Waals surface area contributed by atoms with Gasteiger partial charge in [-0.2, -0.15) is 0 Å². The van der Waals surface area contributed by atoms with Crippen LogP contribution in [0.15, 0.2) is 42.5 Å². The molecule has 1 N–H and O–H groups in total. The topological polar surface area (TPSA) is 75.7 Å². The summed E-state index contributed by atoms with van der Waals surface area (Å²) in [6, 6.07) is 10.4. The quantitative estimate of drug-likeness (QED) is 0.846. The van der Waals surface area contributed by atoms with Crippen LogP contribution in [-0.2, 0) is 14.3 Å². The van der Waals surface area contributed by atoms with Crippen LogP contribution in [-0.4, -0.2) is 28.7 Å². The lowest BCUT2D eigenvalue weighted by molar-refractivity contribution is -0.144. The first-order valence-corrected chi connectivity index (χ1v) is 8.64. The van der Waals surface area contributed by atoms with Crippen LogP contribution in [0.3, 0.4) is 0 Å². The third-order valence-electron chi connectivity index (χ3n) is 4.92. The van der Waals surface area contributed by atoms with Gasteiger partial charge in [-0.05, 0) is 37.1 Å². The number of ether oxygens (including phenoxy) is 1. The SMILES string of the molecule is Cc1ccc(NC(=O)C2CCC(=O)N2C2OC(=O)c3ccccc32)cc1F. The summed E-state index contributed by atoms with van der Waals surface area (Å²) in [5.41, 5.74) is 1.74. The zero-order chi connectivity index (χ0) is 19.1. The van der Waals surface area contributed by atoms with Gasteiger partial charge >= 0.3 is 5.97 Å². The molecule has 0 saturated carbocycles. The highest BCUT2D eigenvalue weighted by Crippen LogP contribution is 2.38. The van der Waals surface area contributed by atoms with E-state index in [1.54, 1.807) is 43.3 Å². The van der Waals surface area contributed by atoms with Crippen molar-refractivity contribution in [3.63, 3.8) is 0 Å². The van der Waals surface area contributed by atoms with E-state index in [4.69, 9.17) is 4.74 Å².